The lowest BCUT2D eigenvalue weighted by molar-refractivity contribution is -0.124. The number of pyridine rings is 1. The van der Waals surface area contributed by atoms with E-state index in [4.69, 9.17) is 9.47 Å². The van der Waals surface area contributed by atoms with Crippen LogP contribution in [-0.4, -0.2) is 36.6 Å². The van der Waals surface area contributed by atoms with Crippen molar-refractivity contribution in [2.24, 2.45) is 0 Å². The first-order valence-electron chi connectivity index (χ1n) is 7.99. The Morgan fingerprint density at radius 1 is 1.20 bits per heavy atom. The number of rotatable bonds is 5. The lowest BCUT2D eigenvalue weighted by atomic mass is 10.1. The number of hydrogen-bond acceptors (Lipinski definition) is 5. The summed E-state index contributed by atoms with van der Waals surface area (Å²) >= 11 is 0. The number of anilines is 2. The highest BCUT2D eigenvalue weighted by atomic mass is 16.5. The third-order valence-electron chi connectivity index (χ3n) is 3.82. The number of ether oxygens (including phenoxy) is 2. The fraction of sp³-hybridized carbons (Fsp3) is 0.278. The molecule has 130 valence electrons. The minimum absolute atomic E-state index is 0.186. The van der Waals surface area contributed by atoms with Gasteiger partial charge in [0.25, 0.3) is 11.8 Å². The van der Waals surface area contributed by atoms with Gasteiger partial charge in [-0.15, -0.1) is 0 Å². The molecule has 2 heterocycles. The first-order valence-corrected chi connectivity index (χ1v) is 7.99. The maximum Gasteiger partial charge on any atom is 0.255 e. The third-order valence-corrected chi connectivity index (χ3v) is 3.82. The Morgan fingerprint density at radius 3 is 2.76 bits per heavy atom. The van der Waals surface area contributed by atoms with Crippen LogP contribution in [0.5, 0.6) is 5.88 Å². The predicted octanol–water partition coefficient (Wildman–Crippen LogP) is 2.46. The van der Waals surface area contributed by atoms with E-state index in [1.54, 1.807) is 36.4 Å². The van der Waals surface area contributed by atoms with Gasteiger partial charge in [0.05, 0.1) is 19.0 Å². The largest absolute Gasteiger partial charge is 0.481 e. The van der Waals surface area contributed by atoms with Crippen molar-refractivity contribution in [1.82, 2.24) is 4.98 Å². The van der Waals surface area contributed by atoms with Gasteiger partial charge in [-0.3, -0.25) is 9.59 Å². The maximum absolute atomic E-state index is 12.4. The standard InChI is InChI=1S/C18H19N3O4/c1-24-16-8-7-14(11-19-16)21-17(22)12-4-2-5-13(10-12)20-18(23)15-6-3-9-25-15/h2,4-5,7-8,10-11,15H,3,6,9H2,1H3,(H,20,23)(H,21,22)/t15-/m1/s1. The monoisotopic (exact) mass is 341 g/mol. The van der Waals surface area contributed by atoms with Crippen molar-refractivity contribution in [3.63, 3.8) is 0 Å². The Balaban J connectivity index is 1.65. The summed E-state index contributed by atoms with van der Waals surface area (Å²) < 4.78 is 10.3. The Morgan fingerprint density at radius 2 is 2.08 bits per heavy atom. The van der Waals surface area contributed by atoms with Crippen molar-refractivity contribution in [2.45, 2.75) is 18.9 Å². The highest BCUT2D eigenvalue weighted by Crippen LogP contribution is 2.17. The zero-order chi connectivity index (χ0) is 17.6. The summed E-state index contributed by atoms with van der Waals surface area (Å²) in [5.74, 6) is -0.00793. The molecule has 2 amide bonds. The molecule has 0 radical (unpaired) electrons. The summed E-state index contributed by atoms with van der Waals surface area (Å²) in [7, 11) is 1.52. The van der Waals surface area contributed by atoms with Gasteiger partial charge in [0.15, 0.2) is 0 Å². The highest BCUT2D eigenvalue weighted by Gasteiger charge is 2.23. The Hall–Kier alpha value is -2.93. The second-order valence-electron chi connectivity index (χ2n) is 5.62. The lowest BCUT2D eigenvalue weighted by Crippen LogP contribution is -2.27. The second kappa shape index (κ2) is 7.76. The summed E-state index contributed by atoms with van der Waals surface area (Å²) in [5, 5.41) is 5.54. The molecule has 7 heteroatoms. The fourth-order valence-electron chi connectivity index (χ4n) is 2.52. The number of methoxy groups -OCH3 is 1. The van der Waals surface area contributed by atoms with E-state index in [1.807, 2.05) is 0 Å². The zero-order valence-corrected chi connectivity index (χ0v) is 13.8. The van der Waals surface area contributed by atoms with Crippen molar-refractivity contribution < 1.29 is 19.1 Å². The number of nitrogens with one attached hydrogen (secondary N) is 2. The molecule has 2 N–H and O–H groups in total. The van der Waals surface area contributed by atoms with Gasteiger partial charge in [0.1, 0.15) is 6.10 Å². The molecule has 0 spiro atoms. The lowest BCUT2D eigenvalue weighted by Gasteiger charge is -2.11. The quantitative estimate of drug-likeness (QED) is 0.872. The Bertz CT molecular complexity index is 755. The van der Waals surface area contributed by atoms with Gasteiger partial charge in [0.2, 0.25) is 5.88 Å². The van der Waals surface area contributed by atoms with Gasteiger partial charge in [0, 0.05) is 23.9 Å². The second-order valence-corrected chi connectivity index (χ2v) is 5.62. The van der Waals surface area contributed by atoms with E-state index >= 15 is 0 Å². The summed E-state index contributed by atoms with van der Waals surface area (Å²) in [6, 6.07) is 10.1. The van der Waals surface area contributed by atoms with E-state index in [2.05, 4.69) is 15.6 Å². The molecule has 2 aromatic rings. The SMILES string of the molecule is COc1ccc(NC(=O)c2cccc(NC(=O)[C@H]3CCCO3)c2)cn1. The molecular formula is C18H19N3O4. The number of aromatic nitrogens is 1. The molecule has 1 saturated heterocycles. The Labute approximate surface area is 145 Å². The zero-order valence-electron chi connectivity index (χ0n) is 13.8. The number of carbonyl (C=O) groups excluding carboxylic acids is 2. The average molecular weight is 341 g/mol. The Kier molecular flexibility index (Phi) is 5.25. The van der Waals surface area contributed by atoms with Crippen LogP contribution in [0.25, 0.3) is 0 Å². The third kappa shape index (κ3) is 4.33. The molecule has 1 aromatic heterocycles. The first kappa shape index (κ1) is 16.9. The van der Waals surface area contributed by atoms with Crippen LogP contribution in [0.4, 0.5) is 11.4 Å². The van der Waals surface area contributed by atoms with Crippen molar-refractivity contribution in [3.05, 3.63) is 48.2 Å². The number of carbonyl (C=O) groups is 2. The van der Waals surface area contributed by atoms with Crippen molar-refractivity contribution in [3.8, 4) is 5.88 Å². The molecule has 7 nitrogen and oxygen atoms in total. The number of benzene rings is 1. The van der Waals surface area contributed by atoms with E-state index in [0.717, 1.165) is 12.8 Å². The highest BCUT2D eigenvalue weighted by molar-refractivity contribution is 6.05. The van der Waals surface area contributed by atoms with Gasteiger partial charge in [-0.05, 0) is 37.1 Å². The normalized spacial score (nSPS) is 16.3. The van der Waals surface area contributed by atoms with E-state index < -0.39 is 6.10 Å². The molecule has 1 fully saturated rings. The minimum Gasteiger partial charge on any atom is -0.481 e. The smallest absolute Gasteiger partial charge is 0.255 e. The van der Waals surface area contributed by atoms with Gasteiger partial charge in [-0.25, -0.2) is 4.98 Å². The molecule has 1 aliphatic heterocycles. The molecule has 1 atom stereocenters. The topological polar surface area (TPSA) is 89.6 Å². The average Bonchev–Trinajstić information content (AvgIpc) is 3.17. The van der Waals surface area contributed by atoms with E-state index in [0.29, 0.717) is 29.4 Å². The summed E-state index contributed by atoms with van der Waals surface area (Å²) in [5.41, 5.74) is 1.54. The van der Waals surface area contributed by atoms with Crippen LogP contribution in [0.3, 0.4) is 0 Å². The molecule has 3 rings (SSSR count). The molecule has 25 heavy (non-hydrogen) atoms. The van der Waals surface area contributed by atoms with Crippen LogP contribution in [-0.2, 0) is 9.53 Å². The van der Waals surface area contributed by atoms with Crippen LogP contribution in [0.1, 0.15) is 23.2 Å². The van der Waals surface area contributed by atoms with Crippen molar-refractivity contribution in [2.75, 3.05) is 24.4 Å². The fourth-order valence-corrected chi connectivity index (χ4v) is 2.52. The molecule has 0 aliphatic carbocycles. The maximum atomic E-state index is 12.4. The van der Waals surface area contributed by atoms with Crippen LogP contribution in [0.15, 0.2) is 42.6 Å². The number of amides is 2. The van der Waals surface area contributed by atoms with E-state index in [-0.39, 0.29) is 11.8 Å². The first-order chi connectivity index (χ1) is 12.2. The van der Waals surface area contributed by atoms with Crippen molar-refractivity contribution in [1.29, 1.82) is 0 Å². The number of hydrogen-bond donors (Lipinski definition) is 2. The van der Waals surface area contributed by atoms with E-state index in [1.165, 1.54) is 13.3 Å². The number of nitrogens with zero attached hydrogens (tertiary/aromatic N) is 1. The summed E-state index contributed by atoms with van der Waals surface area (Å²) in [6.07, 6.45) is 2.70. The van der Waals surface area contributed by atoms with Crippen LogP contribution in [0, 0.1) is 0 Å². The molecular weight excluding hydrogens is 322 g/mol. The minimum atomic E-state index is -0.414. The van der Waals surface area contributed by atoms with Crippen molar-refractivity contribution >= 4 is 23.2 Å². The summed E-state index contributed by atoms with van der Waals surface area (Å²) in [4.78, 5) is 28.5. The van der Waals surface area contributed by atoms with E-state index in [9.17, 15) is 9.59 Å². The van der Waals surface area contributed by atoms with Gasteiger partial charge < -0.3 is 20.1 Å². The summed E-state index contributed by atoms with van der Waals surface area (Å²) in [6.45, 7) is 0.608. The van der Waals surface area contributed by atoms with Crippen LogP contribution in [0.2, 0.25) is 0 Å². The molecule has 0 saturated carbocycles. The molecule has 0 unspecified atom stereocenters. The molecule has 1 aliphatic rings. The van der Waals surface area contributed by atoms with Crippen LogP contribution >= 0.6 is 0 Å². The van der Waals surface area contributed by atoms with Gasteiger partial charge >= 0.3 is 0 Å². The van der Waals surface area contributed by atoms with Gasteiger partial charge in [-0.2, -0.15) is 0 Å². The van der Waals surface area contributed by atoms with Gasteiger partial charge in [-0.1, -0.05) is 6.07 Å². The molecule has 0 bridgehead atoms. The van der Waals surface area contributed by atoms with Crippen LogP contribution < -0.4 is 15.4 Å². The molecule has 1 aromatic carbocycles. The predicted molar refractivity (Wildman–Crippen MR) is 92.8 cm³/mol.